The van der Waals surface area contributed by atoms with Gasteiger partial charge in [-0.1, -0.05) is 35.4 Å². The summed E-state index contributed by atoms with van der Waals surface area (Å²) in [6.07, 6.45) is 0. The number of furan rings is 1. The summed E-state index contributed by atoms with van der Waals surface area (Å²) in [6, 6.07) is 16.4. The van der Waals surface area contributed by atoms with E-state index in [0.29, 0.717) is 11.3 Å². The van der Waals surface area contributed by atoms with E-state index < -0.39 is 0 Å². The Bertz CT molecular complexity index is 971. The summed E-state index contributed by atoms with van der Waals surface area (Å²) in [7, 11) is 0. The number of carbonyl (C=O) groups is 2. The lowest BCUT2D eigenvalue weighted by Gasteiger charge is -2.08. The summed E-state index contributed by atoms with van der Waals surface area (Å²) in [5, 5.41) is 5.63. The van der Waals surface area contributed by atoms with Gasteiger partial charge < -0.3 is 15.1 Å². The van der Waals surface area contributed by atoms with Crippen molar-refractivity contribution in [2.75, 3.05) is 5.32 Å². The first-order chi connectivity index (χ1) is 12.9. The number of hydrogen-bond acceptors (Lipinski definition) is 3. The molecule has 5 heteroatoms. The molecular formula is C22H22N2O3. The Hall–Kier alpha value is -3.34. The van der Waals surface area contributed by atoms with Crippen LogP contribution in [0, 0.1) is 20.8 Å². The van der Waals surface area contributed by atoms with Crippen molar-refractivity contribution in [2.24, 2.45) is 0 Å². The van der Waals surface area contributed by atoms with E-state index in [1.165, 1.54) is 0 Å². The van der Waals surface area contributed by atoms with Crippen LogP contribution in [0.5, 0.6) is 0 Å². The van der Waals surface area contributed by atoms with Crippen molar-refractivity contribution in [3.8, 4) is 0 Å². The molecule has 0 atom stereocenters. The van der Waals surface area contributed by atoms with Crippen molar-refractivity contribution in [3.63, 3.8) is 0 Å². The molecule has 2 aromatic carbocycles. The summed E-state index contributed by atoms with van der Waals surface area (Å²) in [5.74, 6) is 0.210. The van der Waals surface area contributed by atoms with Crippen LogP contribution in [0.1, 0.15) is 43.4 Å². The molecule has 0 bridgehead atoms. The number of aryl methyl sites for hydroxylation is 3. The molecule has 0 radical (unpaired) electrons. The van der Waals surface area contributed by atoms with Gasteiger partial charge in [0.25, 0.3) is 11.8 Å². The molecule has 1 heterocycles. The Labute approximate surface area is 158 Å². The van der Waals surface area contributed by atoms with E-state index in [4.69, 9.17) is 4.42 Å². The summed E-state index contributed by atoms with van der Waals surface area (Å²) in [6.45, 7) is 6.12. The van der Waals surface area contributed by atoms with Gasteiger partial charge in [0, 0.05) is 11.3 Å². The van der Waals surface area contributed by atoms with Crippen LogP contribution in [0.2, 0.25) is 0 Å². The molecule has 0 aliphatic rings. The minimum absolute atomic E-state index is 0.187. The summed E-state index contributed by atoms with van der Waals surface area (Å²) in [4.78, 5) is 24.5. The zero-order valence-corrected chi connectivity index (χ0v) is 15.6. The van der Waals surface area contributed by atoms with Crippen LogP contribution in [0.25, 0.3) is 0 Å². The molecule has 27 heavy (non-hydrogen) atoms. The van der Waals surface area contributed by atoms with Gasteiger partial charge in [0.1, 0.15) is 5.76 Å². The first kappa shape index (κ1) is 18.5. The quantitative estimate of drug-likeness (QED) is 0.707. The molecule has 0 spiro atoms. The van der Waals surface area contributed by atoms with E-state index in [1.807, 2.05) is 51.1 Å². The second-order valence-electron chi connectivity index (χ2n) is 6.59. The van der Waals surface area contributed by atoms with E-state index in [1.54, 1.807) is 24.3 Å². The zero-order chi connectivity index (χ0) is 19.4. The first-order valence-corrected chi connectivity index (χ1v) is 8.74. The molecule has 0 aliphatic carbocycles. The summed E-state index contributed by atoms with van der Waals surface area (Å²) >= 11 is 0. The van der Waals surface area contributed by atoms with E-state index in [9.17, 15) is 9.59 Å². The predicted octanol–water partition coefficient (Wildman–Crippen LogP) is 4.39. The monoisotopic (exact) mass is 362 g/mol. The zero-order valence-electron chi connectivity index (χ0n) is 15.6. The molecule has 2 N–H and O–H groups in total. The van der Waals surface area contributed by atoms with Crippen LogP contribution in [0.15, 0.2) is 59.0 Å². The fraction of sp³-hybridized carbons (Fsp3) is 0.182. The number of anilines is 1. The number of nitrogens with one attached hydrogen (secondary N) is 2. The second kappa shape index (κ2) is 7.91. The third-order valence-corrected chi connectivity index (χ3v) is 4.25. The van der Waals surface area contributed by atoms with Gasteiger partial charge >= 0.3 is 0 Å². The van der Waals surface area contributed by atoms with Gasteiger partial charge in [-0.25, -0.2) is 0 Å². The van der Waals surface area contributed by atoms with Crippen molar-refractivity contribution in [1.82, 2.24) is 5.32 Å². The van der Waals surface area contributed by atoms with Crippen LogP contribution in [0.4, 0.5) is 5.69 Å². The van der Waals surface area contributed by atoms with Crippen LogP contribution >= 0.6 is 0 Å². The molecule has 3 rings (SSSR count). The highest BCUT2D eigenvalue weighted by atomic mass is 16.4. The number of rotatable bonds is 5. The minimum Gasteiger partial charge on any atom is -0.454 e. The normalized spacial score (nSPS) is 10.5. The molecule has 2 amide bonds. The Morgan fingerprint density at radius 3 is 2.26 bits per heavy atom. The van der Waals surface area contributed by atoms with Gasteiger partial charge in [-0.15, -0.1) is 0 Å². The number of hydrogen-bond donors (Lipinski definition) is 2. The lowest BCUT2D eigenvalue weighted by atomic mass is 10.1. The SMILES string of the molecule is Cc1ccc(C(=O)NCc2ccc(C(=O)Nc3ccc(C)cc3C)o2)cc1. The van der Waals surface area contributed by atoms with Gasteiger partial charge in [-0.3, -0.25) is 9.59 Å². The molecular weight excluding hydrogens is 340 g/mol. The molecule has 0 aliphatic heterocycles. The Balaban J connectivity index is 1.59. The largest absolute Gasteiger partial charge is 0.454 e. The average molecular weight is 362 g/mol. The molecule has 138 valence electrons. The van der Waals surface area contributed by atoms with E-state index >= 15 is 0 Å². The lowest BCUT2D eigenvalue weighted by molar-refractivity contribution is 0.0948. The molecule has 0 saturated heterocycles. The molecule has 0 saturated carbocycles. The minimum atomic E-state index is -0.321. The highest BCUT2D eigenvalue weighted by Crippen LogP contribution is 2.18. The standard InChI is InChI=1S/C22H22N2O3/c1-14-4-7-17(8-5-14)21(25)23-13-18-9-11-20(27-18)22(26)24-19-10-6-15(2)12-16(19)3/h4-12H,13H2,1-3H3,(H,23,25)(H,24,26). The summed E-state index contributed by atoms with van der Waals surface area (Å²) in [5.41, 5.74) is 4.55. The maximum absolute atomic E-state index is 12.4. The van der Waals surface area contributed by atoms with Gasteiger partial charge in [-0.05, 0) is 56.7 Å². The predicted molar refractivity (Wildman–Crippen MR) is 105 cm³/mol. The number of amides is 2. The maximum atomic E-state index is 12.4. The fourth-order valence-electron chi connectivity index (χ4n) is 2.71. The van der Waals surface area contributed by atoms with Crippen molar-refractivity contribution in [2.45, 2.75) is 27.3 Å². The van der Waals surface area contributed by atoms with E-state index in [0.717, 1.165) is 22.4 Å². The highest BCUT2D eigenvalue weighted by molar-refractivity contribution is 6.02. The number of benzene rings is 2. The lowest BCUT2D eigenvalue weighted by Crippen LogP contribution is -2.22. The van der Waals surface area contributed by atoms with Crippen LogP contribution in [0.3, 0.4) is 0 Å². The van der Waals surface area contributed by atoms with Crippen molar-refractivity contribution in [1.29, 1.82) is 0 Å². The Kier molecular flexibility index (Phi) is 5.41. The van der Waals surface area contributed by atoms with Crippen LogP contribution in [-0.2, 0) is 6.54 Å². The van der Waals surface area contributed by atoms with E-state index in [-0.39, 0.29) is 24.1 Å². The van der Waals surface area contributed by atoms with Gasteiger partial charge in [-0.2, -0.15) is 0 Å². The summed E-state index contributed by atoms with van der Waals surface area (Å²) < 4.78 is 5.56. The van der Waals surface area contributed by atoms with Crippen molar-refractivity contribution < 1.29 is 14.0 Å². The Morgan fingerprint density at radius 1 is 0.852 bits per heavy atom. The molecule has 1 aromatic heterocycles. The van der Waals surface area contributed by atoms with Gasteiger partial charge in [0.2, 0.25) is 0 Å². The third-order valence-electron chi connectivity index (χ3n) is 4.25. The Morgan fingerprint density at radius 2 is 1.56 bits per heavy atom. The van der Waals surface area contributed by atoms with Gasteiger partial charge in [0.15, 0.2) is 5.76 Å². The molecule has 3 aromatic rings. The number of carbonyl (C=O) groups excluding carboxylic acids is 2. The smallest absolute Gasteiger partial charge is 0.291 e. The molecule has 0 fully saturated rings. The second-order valence-corrected chi connectivity index (χ2v) is 6.59. The van der Waals surface area contributed by atoms with Crippen LogP contribution in [-0.4, -0.2) is 11.8 Å². The highest BCUT2D eigenvalue weighted by Gasteiger charge is 2.13. The van der Waals surface area contributed by atoms with Gasteiger partial charge in [0.05, 0.1) is 6.54 Å². The first-order valence-electron chi connectivity index (χ1n) is 8.74. The third kappa shape index (κ3) is 4.64. The fourth-order valence-corrected chi connectivity index (χ4v) is 2.71. The molecule has 5 nitrogen and oxygen atoms in total. The van der Waals surface area contributed by atoms with Crippen molar-refractivity contribution in [3.05, 3.63) is 88.4 Å². The van der Waals surface area contributed by atoms with E-state index in [2.05, 4.69) is 10.6 Å². The van der Waals surface area contributed by atoms with Crippen LogP contribution < -0.4 is 10.6 Å². The maximum Gasteiger partial charge on any atom is 0.291 e. The average Bonchev–Trinajstić information content (AvgIpc) is 3.12. The molecule has 0 unspecified atom stereocenters. The van der Waals surface area contributed by atoms with Crippen molar-refractivity contribution >= 4 is 17.5 Å². The topological polar surface area (TPSA) is 71.3 Å².